The number of hydrogen-bond donors (Lipinski definition) is 0. The Morgan fingerprint density at radius 2 is 2.19 bits per heavy atom. The highest BCUT2D eigenvalue weighted by Crippen LogP contribution is 2.33. The Hall–Kier alpha value is -1.68. The van der Waals surface area contributed by atoms with E-state index in [-0.39, 0.29) is 11.8 Å². The first kappa shape index (κ1) is 10.8. The third-order valence-corrected chi connectivity index (χ3v) is 2.33. The normalized spacial score (nSPS) is 13.8. The zero-order valence-electron chi connectivity index (χ0n) is 8.53. The first-order valence-electron chi connectivity index (χ1n) is 4.56. The molecule has 1 aliphatic rings. The lowest BCUT2D eigenvalue weighted by Crippen LogP contribution is -1.99. The van der Waals surface area contributed by atoms with E-state index in [0.29, 0.717) is 11.5 Å². The number of rotatable bonds is 2. The quantitative estimate of drug-likeness (QED) is 0.587. The highest BCUT2D eigenvalue weighted by molar-refractivity contribution is 6.43. The molecule has 4 nitrogen and oxygen atoms in total. The minimum atomic E-state index is -0.570. The van der Waals surface area contributed by atoms with E-state index in [1.54, 1.807) is 18.2 Å². The predicted octanol–water partition coefficient (Wildman–Crippen LogP) is 2.17. The van der Waals surface area contributed by atoms with Crippen molar-refractivity contribution < 1.29 is 19.0 Å². The largest absolute Gasteiger partial charge is 0.465 e. The van der Waals surface area contributed by atoms with Crippen LogP contribution in [0.3, 0.4) is 0 Å². The molecule has 0 aliphatic carbocycles. The van der Waals surface area contributed by atoms with Crippen LogP contribution in [0.2, 0.25) is 0 Å². The maximum Gasteiger partial charge on any atom is 0.349 e. The lowest BCUT2D eigenvalue weighted by molar-refractivity contribution is -0.135. The summed E-state index contributed by atoms with van der Waals surface area (Å²) in [6.07, 6.45) is 1.51. The number of hydrogen-bond acceptors (Lipinski definition) is 4. The molecular weight excluding hydrogens is 232 g/mol. The van der Waals surface area contributed by atoms with Gasteiger partial charge in [0.25, 0.3) is 0 Å². The molecule has 16 heavy (non-hydrogen) atoms. The average Bonchev–Trinajstić information content (AvgIpc) is 2.75. The second kappa shape index (κ2) is 4.45. The number of ether oxygens (including phenoxy) is 3. The summed E-state index contributed by atoms with van der Waals surface area (Å²) < 4.78 is 14.8. The van der Waals surface area contributed by atoms with E-state index >= 15 is 0 Å². The molecule has 1 aromatic carbocycles. The summed E-state index contributed by atoms with van der Waals surface area (Å²) >= 11 is 5.73. The standard InChI is InChI=1S/C11H9ClO4/c1-14-11(13)8(12)4-7-2-3-9-10(5-7)16-6-15-9/h2-5H,6H2,1H3/b8-4-. The van der Waals surface area contributed by atoms with Gasteiger partial charge in [-0.25, -0.2) is 4.79 Å². The number of carbonyl (C=O) groups excluding carboxylic acids is 1. The summed E-state index contributed by atoms with van der Waals surface area (Å²) in [5.74, 6) is 0.758. The van der Waals surface area contributed by atoms with Gasteiger partial charge in [-0.05, 0) is 23.8 Å². The van der Waals surface area contributed by atoms with Crippen LogP contribution in [0.15, 0.2) is 23.2 Å². The first-order valence-corrected chi connectivity index (χ1v) is 4.93. The minimum absolute atomic E-state index is 0.0152. The number of methoxy groups -OCH3 is 1. The number of esters is 1. The van der Waals surface area contributed by atoms with Gasteiger partial charge in [0.2, 0.25) is 6.79 Å². The highest BCUT2D eigenvalue weighted by atomic mass is 35.5. The molecule has 1 aromatic rings. The van der Waals surface area contributed by atoms with Crippen LogP contribution in [-0.4, -0.2) is 19.9 Å². The van der Waals surface area contributed by atoms with Gasteiger partial charge in [0, 0.05) is 0 Å². The van der Waals surface area contributed by atoms with Crippen molar-refractivity contribution >= 4 is 23.6 Å². The molecule has 0 aromatic heterocycles. The van der Waals surface area contributed by atoms with Gasteiger partial charge >= 0.3 is 5.97 Å². The molecule has 0 radical (unpaired) electrons. The minimum Gasteiger partial charge on any atom is -0.465 e. The van der Waals surface area contributed by atoms with Crippen LogP contribution in [0.25, 0.3) is 6.08 Å². The molecule has 0 unspecified atom stereocenters. The Kier molecular flexibility index (Phi) is 3.01. The van der Waals surface area contributed by atoms with E-state index in [4.69, 9.17) is 21.1 Å². The molecule has 0 saturated carbocycles. The zero-order chi connectivity index (χ0) is 11.5. The van der Waals surface area contributed by atoms with E-state index in [9.17, 15) is 4.79 Å². The fraction of sp³-hybridized carbons (Fsp3) is 0.182. The molecule has 0 spiro atoms. The van der Waals surface area contributed by atoms with Gasteiger partial charge in [0.15, 0.2) is 11.5 Å². The maximum atomic E-state index is 11.1. The lowest BCUT2D eigenvalue weighted by Gasteiger charge is -1.99. The Morgan fingerprint density at radius 1 is 1.44 bits per heavy atom. The Bertz CT molecular complexity index is 453. The lowest BCUT2D eigenvalue weighted by atomic mass is 10.2. The van der Waals surface area contributed by atoms with E-state index in [1.165, 1.54) is 13.2 Å². The van der Waals surface area contributed by atoms with Gasteiger partial charge in [0.1, 0.15) is 5.03 Å². The number of carbonyl (C=O) groups is 1. The maximum absolute atomic E-state index is 11.1. The monoisotopic (exact) mass is 240 g/mol. The number of halogens is 1. The summed E-state index contributed by atoms with van der Waals surface area (Å²) in [4.78, 5) is 11.1. The van der Waals surface area contributed by atoms with Crippen molar-refractivity contribution in [3.8, 4) is 11.5 Å². The fourth-order valence-corrected chi connectivity index (χ4v) is 1.51. The van der Waals surface area contributed by atoms with E-state index in [0.717, 1.165) is 5.56 Å². The molecule has 0 saturated heterocycles. The average molecular weight is 241 g/mol. The van der Waals surface area contributed by atoms with Crippen molar-refractivity contribution in [2.24, 2.45) is 0 Å². The molecule has 2 rings (SSSR count). The second-order valence-electron chi connectivity index (χ2n) is 3.10. The Balaban J connectivity index is 2.25. The summed E-state index contributed by atoms with van der Waals surface area (Å²) in [5.41, 5.74) is 0.750. The van der Waals surface area contributed by atoms with Gasteiger partial charge < -0.3 is 14.2 Å². The molecule has 0 bridgehead atoms. The van der Waals surface area contributed by atoms with Crippen molar-refractivity contribution in [3.05, 3.63) is 28.8 Å². The summed E-state index contributed by atoms with van der Waals surface area (Å²) in [6.45, 7) is 0.216. The Labute approximate surface area is 97.4 Å². The van der Waals surface area contributed by atoms with Crippen molar-refractivity contribution in [2.45, 2.75) is 0 Å². The molecule has 1 heterocycles. The smallest absolute Gasteiger partial charge is 0.349 e. The van der Waals surface area contributed by atoms with Gasteiger partial charge in [-0.2, -0.15) is 0 Å². The van der Waals surface area contributed by atoms with Gasteiger partial charge in [-0.1, -0.05) is 17.7 Å². The van der Waals surface area contributed by atoms with Crippen LogP contribution in [-0.2, 0) is 9.53 Å². The van der Waals surface area contributed by atoms with Crippen LogP contribution in [0.5, 0.6) is 11.5 Å². The van der Waals surface area contributed by atoms with Crippen molar-refractivity contribution in [2.75, 3.05) is 13.9 Å². The van der Waals surface area contributed by atoms with Crippen molar-refractivity contribution in [3.63, 3.8) is 0 Å². The van der Waals surface area contributed by atoms with Crippen LogP contribution >= 0.6 is 11.6 Å². The molecule has 84 valence electrons. The summed E-state index contributed by atoms with van der Waals surface area (Å²) in [7, 11) is 1.28. The predicted molar refractivity (Wildman–Crippen MR) is 58.4 cm³/mol. The van der Waals surface area contributed by atoms with Gasteiger partial charge in [-0.3, -0.25) is 0 Å². The number of fused-ring (bicyclic) bond motifs is 1. The first-order chi connectivity index (χ1) is 7.70. The van der Waals surface area contributed by atoms with Gasteiger partial charge in [-0.15, -0.1) is 0 Å². The molecular formula is C11H9ClO4. The SMILES string of the molecule is COC(=O)/C(Cl)=C/c1ccc2c(c1)OCO2. The van der Waals surface area contributed by atoms with Gasteiger partial charge in [0.05, 0.1) is 7.11 Å². The molecule has 0 atom stereocenters. The molecule has 5 heteroatoms. The summed E-state index contributed by atoms with van der Waals surface area (Å²) in [5, 5.41) is 0.0152. The van der Waals surface area contributed by atoms with Crippen LogP contribution < -0.4 is 9.47 Å². The third-order valence-electron chi connectivity index (χ3n) is 2.07. The van der Waals surface area contributed by atoms with Crippen molar-refractivity contribution in [1.29, 1.82) is 0 Å². The zero-order valence-corrected chi connectivity index (χ0v) is 9.28. The third kappa shape index (κ3) is 2.12. The fourth-order valence-electron chi connectivity index (χ4n) is 1.31. The molecule has 0 amide bonds. The van der Waals surface area contributed by atoms with Crippen LogP contribution in [0.1, 0.15) is 5.56 Å². The van der Waals surface area contributed by atoms with E-state index < -0.39 is 5.97 Å². The molecule has 0 fully saturated rings. The van der Waals surface area contributed by atoms with Crippen LogP contribution in [0, 0.1) is 0 Å². The summed E-state index contributed by atoms with van der Waals surface area (Å²) in [6, 6.07) is 5.28. The van der Waals surface area contributed by atoms with E-state index in [2.05, 4.69) is 4.74 Å². The topological polar surface area (TPSA) is 44.8 Å². The van der Waals surface area contributed by atoms with Crippen molar-refractivity contribution in [1.82, 2.24) is 0 Å². The molecule has 1 aliphatic heterocycles. The number of benzene rings is 1. The van der Waals surface area contributed by atoms with Crippen LogP contribution in [0.4, 0.5) is 0 Å². The second-order valence-corrected chi connectivity index (χ2v) is 3.50. The van der Waals surface area contributed by atoms with E-state index in [1.807, 2.05) is 0 Å². The highest BCUT2D eigenvalue weighted by Gasteiger charge is 2.13. The molecule has 0 N–H and O–H groups in total. The Morgan fingerprint density at radius 3 is 2.94 bits per heavy atom.